The Labute approximate surface area is 44.6 Å². The summed E-state index contributed by atoms with van der Waals surface area (Å²) in [6.45, 7) is 0. The molecule has 0 spiro atoms. The second-order valence-electron chi connectivity index (χ2n) is 0.475. The Hall–Kier alpha value is -0.0000000000000000278. The number of carbonyl (C=O) groups is 1. The van der Waals surface area contributed by atoms with Crippen LogP contribution in [0.3, 0.4) is 0 Å². The minimum atomic E-state index is -0.523. The van der Waals surface area contributed by atoms with Crippen molar-refractivity contribution in [3.05, 3.63) is 0 Å². The molecule has 0 aliphatic rings. The zero-order chi connectivity index (χ0) is 4.99. The molecule has 0 aromatic carbocycles. The van der Waals surface area contributed by atoms with Crippen LogP contribution in [0.25, 0.3) is 0 Å². The van der Waals surface area contributed by atoms with Gasteiger partial charge in [-0.15, -0.1) is 4.36 Å². The summed E-state index contributed by atoms with van der Waals surface area (Å²) >= 11 is 4.46. The van der Waals surface area contributed by atoms with E-state index in [1.807, 2.05) is 0 Å². The van der Waals surface area contributed by atoms with Crippen LogP contribution < -0.4 is 5.14 Å². The van der Waals surface area contributed by atoms with E-state index in [1.54, 1.807) is 0 Å². The van der Waals surface area contributed by atoms with Gasteiger partial charge < -0.3 is 0 Å². The Balaban J connectivity index is 3.23. The maximum absolute atomic E-state index is 9.75. The zero-order valence-corrected chi connectivity index (χ0v) is 4.38. The van der Waals surface area contributed by atoms with Gasteiger partial charge in [0.15, 0.2) is 0 Å². The van der Waals surface area contributed by atoms with Gasteiger partial charge in [0, 0.05) is 24.4 Å². The highest BCUT2D eigenvalue weighted by molar-refractivity contribution is 8.11. The molecule has 6 heavy (non-hydrogen) atoms. The molecular weight excluding hydrogens is 120 g/mol. The Kier molecular flexibility index (Phi) is 3.20. The molecule has 0 fully saturated rings. The first kappa shape index (κ1) is 6.00. The highest BCUT2D eigenvalue weighted by atomic mass is 32.2. The summed E-state index contributed by atoms with van der Waals surface area (Å²) in [7, 11) is 0. The molecule has 0 aliphatic heterocycles. The molecule has 0 rings (SSSR count). The zero-order valence-electron chi connectivity index (χ0n) is 2.75. The standard InChI is InChI=1S/CH2N2OS2/c2-6-1(4)3-5/h2H2. The fraction of sp³-hybridized carbons (Fsp3) is 0. The third-order valence-electron chi connectivity index (χ3n) is 0.175. The van der Waals surface area contributed by atoms with Crippen molar-refractivity contribution in [2.24, 2.45) is 9.50 Å². The molecule has 0 saturated heterocycles. The summed E-state index contributed by atoms with van der Waals surface area (Å²) < 4.78 is 2.79. The second kappa shape index (κ2) is 3.20. The first-order valence-electron chi connectivity index (χ1n) is 1.05. The molecule has 0 heterocycles. The van der Waals surface area contributed by atoms with E-state index >= 15 is 0 Å². The lowest BCUT2D eigenvalue weighted by atomic mass is 11.5. The van der Waals surface area contributed by atoms with Crippen molar-refractivity contribution < 1.29 is 4.79 Å². The second-order valence-corrected chi connectivity index (χ2v) is 1.24. The predicted octanol–water partition coefficient (Wildman–Crippen LogP) is 0.444. The summed E-state index contributed by atoms with van der Waals surface area (Å²) in [6.07, 6.45) is 0. The monoisotopic (exact) mass is 122 g/mol. The molecule has 3 nitrogen and oxygen atoms in total. The Morgan fingerprint density at radius 3 is 2.50 bits per heavy atom. The maximum Gasteiger partial charge on any atom is 0.330 e. The van der Waals surface area contributed by atoms with E-state index in [0.29, 0.717) is 11.9 Å². The molecular formula is CH2N2OS2. The molecule has 0 aliphatic carbocycles. The highest BCUT2D eigenvalue weighted by Gasteiger charge is 1.87. The number of nitrogens with two attached hydrogens (primary N) is 1. The van der Waals surface area contributed by atoms with E-state index < -0.39 is 5.24 Å². The smallest absolute Gasteiger partial charge is 0.269 e. The van der Waals surface area contributed by atoms with Crippen LogP contribution in [0.2, 0.25) is 0 Å². The molecule has 0 aromatic heterocycles. The third-order valence-corrected chi connectivity index (χ3v) is 0.750. The highest BCUT2D eigenvalue weighted by Crippen LogP contribution is 1.89. The van der Waals surface area contributed by atoms with Crippen molar-refractivity contribution in [1.82, 2.24) is 0 Å². The number of hydrogen-bond acceptors (Lipinski definition) is 4. The molecule has 0 atom stereocenters. The topological polar surface area (TPSA) is 55.5 Å². The van der Waals surface area contributed by atoms with Crippen LogP contribution in [-0.2, 0) is 12.4 Å². The predicted molar refractivity (Wildman–Crippen MR) is 27.0 cm³/mol. The SMILES string of the molecule is NSC(=O)N=S. The maximum atomic E-state index is 9.75. The Bertz CT molecular complexity index is 71.9. The van der Waals surface area contributed by atoms with Crippen molar-refractivity contribution in [3.63, 3.8) is 0 Å². The average Bonchev–Trinajstić information content (AvgIpc) is 1.65. The normalized spacial score (nSPS) is 7.50. The van der Waals surface area contributed by atoms with Gasteiger partial charge in [0.05, 0.1) is 0 Å². The van der Waals surface area contributed by atoms with E-state index in [-0.39, 0.29) is 0 Å². The van der Waals surface area contributed by atoms with Crippen molar-refractivity contribution >= 4 is 29.6 Å². The first-order valence-corrected chi connectivity index (χ1v) is 2.29. The van der Waals surface area contributed by atoms with Gasteiger partial charge in [0.1, 0.15) is 0 Å². The van der Waals surface area contributed by atoms with Gasteiger partial charge in [0.25, 0.3) is 0 Å². The van der Waals surface area contributed by atoms with Crippen molar-refractivity contribution in [2.45, 2.75) is 0 Å². The van der Waals surface area contributed by atoms with Crippen LogP contribution in [0.4, 0.5) is 4.79 Å². The number of rotatable bonds is 0. The summed E-state index contributed by atoms with van der Waals surface area (Å²) in [6, 6.07) is 0. The molecule has 0 unspecified atom stereocenters. The number of nitrogens with zero attached hydrogens (tertiary/aromatic N) is 1. The van der Waals surface area contributed by atoms with E-state index in [2.05, 4.69) is 21.9 Å². The summed E-state index contributed by atoms with van der Waals surface area (Å²) in [5.41, 5.74) is 0. The lowest BCUT2D eigenvalue weighted by Gasteiger charge is -1.72. The summed E-state index contributed by atoms with van der Waals surface area (Å²) in [5.74, 6) is 0. The van der Waals surface area contributed by atoms with Gasteiger partial charge in [-0.1, -0.05) is 0 Å². The van der Waals surface area contributed by atoms with E-state index in [9.17, 15) is 4.79 Å². The van der Waals surface area contributed by atoms with Crippen LogP contribution in [0.1, 0.15) is 0 Å². The molecule has 0 saturated carbocycles. The number of amides is 1. The average molecular weight is 122 g/mol. The van der Waals surface area contributed by atoms with Gasteiger partial charge in [-0.25, -0.2) is 0 Å². The summed E-state index contributed by atoms with van der Waals surface area (Å²) in [5, 5.41) is 4.17. The van der Waals surface area contributed by atoms with Crippen molar-refractivity contribution in [3.8, 4) is 0 Å². The largest absolute Gasteiger partial charge is 0.330 e. The van der Waals surface area contributed by atoms with Crippen LogP contribution in [0.15, 0.2) is 4.36 Å². The fourth-order valence-corrected chi connectivity index (χ4v) is 0.194. The molecule has 34 valence electrons. The minimum absolute atomic E-state index is 0.515. The minimum Gasteiger partial charge on any atom is -0.269 e. The third kappa shape index (κ3) is 2.25. The van der Waals surface area contributed by atoms with E-state index in [0.717, 1.165) is 0 Å². The molecule has 5 heteroatoms. The number of carbonyl (C=O) groups excluding carboxylic acids is 1. The molecule has 0 bridgehead atoms. The van der Waals surface area contributed by atoms with Crippen LogP contribution in [0.5, 0.6) is 0 Å². The van der Waals surface area contributed by atoms with Crippen LogP contribution in [-0.4, -0.2) is 5.24 Å². The van der Waals surface area contributed by atoms with Crippen molar-refractivity contribution in [2.75, 3.05) is 0 Å². The Morgan fingerprint density at radius 1 is 2.00 bits per heavy atom. The lowest BCUT2D eigenvalue weighted by Crippen LogP contribution is -1.84. The van der Waals surface area contributed by atoms with E-state index in [4.69, 9.17) is 0 Å². The quantitative estimate of drug-likeness (QED) is 0.474. The molecule has 0 aromatic rings. The van der Waals surface area contributed by atoms with Crippen LogP contribution >= 0.6 is 11.9 Å². The van der Waals surface area contributed by atoms with Gasteiger partial charge in [-0.2, -0.15) is 0 Å². The van der Waals surface area contributed by atoms with Gasteiger partial charge in [-0.3, -0.25) is 9.93 Å². The van der Waals surface area contributed by atoms with Gasteiger partial charge in [-0.05, 0) is 0 Å². The van der Waals surface area contributed by atoms with Crippen LogP contribution in [0, 0.1) is 0 Å². The van der Waals surface area contributed by atoms with Crippen molar-refractivity contribution in [1.29, 1.82) is 0 Å². The van der Waals surface area contributed by atoms with Gasteiger partial charge >= 0.3 is 5.24 Å². The summed E-state index contributed by atoms with van der Waals surface area (Å²) in [4.78, 5) is 9.75. The molecule has 2 N–H and O–H groups in total. The molecule has 0 radical (unpaired) electrons. The van der Waals surface area contributed by atoms with E-state index in [1.165, 1.54) is 0 Å². The Morgan fingerprint density at radius 2 is 2.50 bits per heavy atom. The first-order chi connectivity index (χ1) is 2.81. The lowest BCUT2D eigenvalue weighted by molar-refractivity contribution is 0.268. The fourth-order valence-electron chi connectivity index (χ4n) is 0.0215. The molecule has 1 amide bonds. The number of hydrogen-bond donors (Lipinski definition) is 1. The van der Waals surface area contributed by atoms with Gasteiger partial charge in [0.2, 0.25) is 0 Å².